The third-order valence-corrected chi connectivity index (χ3v) is 6.13. The minimum absolute atomic E-state index is 0.509. The Morgan fingerprint density at radius 1 is 0.893 bits per heavy atom. The molecule has 0 unspecified atom stereocenters. The van der Waals surface area contributed by atoms with Crippen molar-refractivity contribution in [1.82, 2.24) is 9.80 Å². The normalized spacial score (nSPS) is 15.0. The zero-order chi connectivity index (χ0) is 19.5. The summed E-state index contributed by atoms with van der Waals surface area (Å²) in [6.07, 6.45) is 0. The van der Waals surface area contributed by atoms with E-state index in [2.05, 4.69) is 40.1 Å². The van der Waals surface area contributed by atoms with E-state index >= 15 is 0 Å². The molecule has 28 heavy (non-hydrogen) atoms. The van der Waals surface area contributed by atoms with Gasteiger partial charge >= 0.3 is 0 Å². The predicted octanol–water partition coefficient (Wildman–Crippen LogP) is 5.75. The molecule has 0 radical (unpaired) electrons. The van der Waals surface area contributed by atoms with Gasteiger partial charge in [-0.05, 0) is 35.9 Å². The van der Waals surface area contributed by atoms with Gasteiger partial charge in [0, 0.05) is 38.3 Å². The molecule has 6 heteroatoms. The van der Waals surface area contributed by atoms with Crippen molar-refractivity contribution in [2.24, 2.45) is 0 Å². The Labute approximate surface area is 180 Å². The maximum atomic E-state index is 6.11. The van der Waals surface area contributed by atoms with Crippen LogP contribution in [0.2, 0.25) is 10.0 Å². The van der Waals surface area contributed by atoms with Crippen LogP contribution in [0, 0.1) is 0 Å². The van der Waals surface area contributed by atoms with Crippen LogP contribution in [0.4, 0.5) is 0 Å². The van der Waals surface area contributed by atoms with E-state index in [0.29, 0.717) is 15.8 Å². The lowest BCUT2D eigenvalue weighted by Gasteiger charge is -2.35. The highest BCUT2D eigenvalue weighted by Crippen LogP contribution is 2.30. The molecule has 1 aliphatic rings. The molecule has 3 aromatic rings. The second kappa shape index (κ2) is 8.66. The van der Waals surface area contributed by atoms with Crippen LogP contribution in [0.1, 0.15) is 11.3 Å². The van der Waals surface area contributed by atoms with Gasteiger partial charge in [0.05, 0.1) is 10.0 Å². The van der Waals surface area contributed by atoms with E-state index in [1.807, 2.05) is 18.2 Å². The molecule has 0 atom stereocenters. The molecule has 144 valence electrons. The van der Waals surface area contributed by atoms with Crippen molar-refractivity contribution in [3.63, 3.8) is 0 Å². The first-order valence-electron chi connectivity index (χ1n) is 9.21. The zero-order valence-corrected chi connectivity index (χ0v) is 17.6. The Bertz CT molecular complexity index is 966. The summed E-state index contributed by atoms with van der Waals surface area (Å²) in [4.78, 5) is 5.43. The molecule has 2 aromatic carbocycles. The second-order valence-corrected chi connectivity index (χ2v) is 8.05. The monoisotopic (exact) mass is 430 g/mol. The zero-order valence-electron chi connectivity index (χ0n) is 15.3. The van der Waals surface area contributed by atoms with Crippen LogP contribution in [-0.2, 0) is 6.54 Å². The first-order valence-corrected chi connectivity index (χ1v) is 10.4. The third kappa shape index (κ3) is 4.41. The maximum Gasteiger partial charge on any atom is 0.162 e. The molecule has 1 aromatic heterocycles. The number of rotatable bonds is 4. The van der Waals surface area contributed by atoms with Crippen molar-refractivity contribution >= 4 is 40.4 Å². The van der Waals surface area contributed by atoms with E-state index in [1.54, 1.807) is 12.1 Å². The molecule has 0 spiro atoms. The second-order valence-electron chi connectivity index (χ2n) is 6.85. The Morgan fingerprint density at radius 3 is 2.36 bits per heavy atom. The fourth-order valence-electron chi connectivity index (χ4n) is 3.36. The fourth-order valence-corrected chi connectivity index (χ4v) is 3.95. The van der Waals surface area contributed by atoms with Crippen molar-refractivity contribution in [3.8, 4) is 11.3 Å². The van der Waals surface area contributed by atoms with Gasteiger partial charge in [0.2, 0.25) is 0 Å². The van der Waals surface area contributed by atoms with Crippen LogP contribution in [0.25, 0.3) is 11.3 Å². The van der Waals surface area contributed by atoms with E-state index in [9.17, 15) is 0 Å². The van der Waals surface area contributed by atoms with Gasteiger partial charge in [-0.15, -0.1) is 0 Å². The number of nitrogens with zero attached hydrogens (tertiary/aromatic N) is 2. The SMILES string of the molecule is S=C(c1ccc(-c2ccc(Cl)c(Cl)c2)o1)N1CCN(Cc2ccccc2)CC1. The molecule has 0 bridgehead atoms. The van der Waals surface area contributed by atoms with Gasteiger partial charge in [-0.2, -0.15) is 0 Å². The highest BCUT2D eigenvalue weighted by Gasteiger charge is 2.22. The quantitative estimate of drug-likeness (QED) is 0.490. The van der Waals surface area contributed by atoms with Gasteiger partial charge < -0.3 is 9.32 Å². The molecular weight excluding hydrogens is 411 g/mol. The summed E-state index contributed by atoms with van der Waals surface area (Å²) in [6.45, 7) is 4.73. The smallest absolute Gasteiger partial charge is 0.162 e. The first-order chi connectivity index (χ1) is 13.6. The van der Waals surface area contributed by atoms with Crippen LogP contribution in [-0.4, -0.2) is 41.0 Å². The number of hydrogen-bond acceptors (Lipinski definition) is 3. The lowest BCUT2D eigenvalue weighted by atomic mass is 10.2. The summed E-state index contributed by atoms with van der Waals surface area (Å²) in [5.74, 6) is 1.45. The number of halogens is 2. The largest absolute Gasteiger partial charge is 0.454 e. The Hall–Kier alpha value is -1.85. The van der Waals surface area contributed by atoms with Crippen LogP contribution in [0.15, 0.2) is 65.1 Å². The van der Waals surface area contributed by atoms with Crippen molar-refractivity contribution in [2.45, 2.75) is 6.54 Å². The van der Waals surface area contributed by atoms with Crippen LogP contribution < -0.4 is 0 Å². The summed E-state index contributed by atoms with van der Waals surface area (Å²) in [5, 5.41) is 1.04. The van der Waals surface area contributed by atoms with Crippen molar-refractivity contribution < 1.29 is 4.42 Å². The number of benzene rings is 2. The molecule has 0 N–H and O–H groups in total. The van der Waals surface area contributed by atoms with E-state index in [1.165, 1.54) is 5.56 Å². The maximum absolute atomic E-state index is 6.11. The van der Waals surface area contributed by atoms with Gasteiger partial charge in [0.15, 0.2) is 5.76 Å². The number of furan rings is 1. The van der Waals surface area contributed by atoms with Gasteiger partial charge in [0.1, 0.15) is 10.7 Å². The minimum atomic E-state index is 0.509. The summed E-state index contributed by atoms with van der Waals surface area (Å²) in [6, 6.07) is 19.9. The number of thiocarbonyl (C=S) groups is 1. The van der Waals surface area contributed by atoms with E-state index in [-0.39, 0.29) is 0 Å². The summed E-state index contributed by atoms with van der Waals surface area (Å²) in [7, 11) is 0. The van der Waals surface area contributed by atoms with E-state index < -0.39 is 0 Å². The van der Waals surface area contributed by atoms with Gasteiger partial charge in [0.25, 0.3) is 0 Å². The Morgan fingerprint density at radius 2 is 1.64 bits per heavy atom. The van der Waals surface area contributed by atoms with Gasteiger partial charge in [-0.1, -0.05) is 65.8 Å². The number of piperazine rings is 1. The lowest BCUT2D eigenvalue weighted by molar-refractivity contribution is 0.176. The minimum Gasteiger partial charge on any atom is -0.454 e. The molecule has 2 heterocycles. The molecule has 4 rings (SSSR count). The average molecular weight is 431 g/mol. The topological polar surface area (TPSA) is 19.6 Å². The molecule has 1 fully saturated rings. The fraction of sp³-hybridized carbons (Fsp3) is 0.227. The average Bonchev–Trinajstić information content (AvgIpc) is 3.21. The summed E-state index contributed by atoms with van der Waals surface area (Å²) >= 11 is 17.8. The van der Waals surface area contributed by atoms with Crippen molar-refractivity contribution in [1.29, 1.82) is 0 Å². The first kappa shape index (κ1) is 19.5. The Balaban J connectivity index is 1.38. The van der Waals surface area contributed by atoms with Gasteiger partial charge in [-0.3, -0.25) is 4.90 Å². The highest BCUT2D eigenvalue weighted by atomic mass is 35.5. The predicted molar refractivity (Wildman–Crippen MR) is 119 cm³/mol. The molecular formula is C22H20Cl2N2OS. The lowest BCUT2D eigenvalue weighted by Crippen LogP contribution is -2.47. The standard InChI is InChI=1S/C22H20Cl2N2OS/c23-18-7-6-17(14-19(18)24)20-8-9-21(27-20)22(28)26-12-10-25(11-13-26)15-16-4-2-1-3-5-16/h1-9,14H,10-13,15H2. The molecule has 0 aliphatic carbocycles. The molecule has 3 nitrogen and oxygen atoms in total. The molecule has 0 amide bonds. The van der Waals surface area contributed by atoms with Crippen molar-refractivity contribution in [3.05, 3.63) is 82.0 Å². The van der Waals surface area contributed by atoms with Crippen molar-refractivity contribution in [2.75, 3.05) is 26.2 Å². The van der Waals surface area contributed by atoms with E-state index in [4.69, 9.17) is 39.8 Å². The molecule has 1 saturated heterocycles. The molecule has 1 aliphatic heterocycles. The summed E-state index contributed by atoms with van der Waals surface area (Å²) < 4.78 is 6.00. The number of hydrogen-bond donors (Lipinski definition) is 0. The van der Waals surface area contributed by atoms with Crippen LogP contribution in [0.3, 0.4) is 0 Å². The summed E-state index contributed by atoms with van der Waals surface area (Å²) in [5.41, 5.74) is 2.23. The van der Waals surface area contributed by atoms with E-state index in [0.717, 1.165) is 49.0 Å². The Kier molecular flexibility index (Phi) is 6.02. The van der Waals surface area contributed by atoms with Gasteiger partial charge in [-0.25, -0.2) is 0 Å². The van der Waals surface area contributed by atoms with Crippen LogP contribution >= 0.6 is 35.4 Å². The van der Waals surface area contributed by atoms with Crippen LogP contribution in [0.5, 0.6) is 0 Å². The molecule has 0 saturated carbocycles. The highest BCUT2D eigenvalue weighted by molar-refractivity contribution is 7.80. The third-order valence-electron chi connectivity index (χ3n) is 4.93.